The van der Waals surface area contributed by atoms with Crippen molar-refractivity contribution in [2.45, 2.75) is 0 Å². The molecule has 0 spiro atoms. The van der Waals surface area contributed by atoms with Gasteiger partial charge in [-0.15, -0.1) is 0 Å². The first kappa shape index (κ1) is 30.5. The van der Waals surface area contributed by atoms with Crippen LogP contribution in [0.5, 0.6) is 0 Å². The highest BCUT2D eigenvalue weighted by Gasteiger charge is 2.26. The Hall–Kier alpha value is -7.83. The summed E-state index contributed by atoms with van der Waals surface area (Å²) in [5.41, 5.74) is 14.0. The van der Waals surface area contributed by atoms with Gasteiger partial charge in [0, 0.05) is 54.6 Å². The average Bonchev–Trinajstić information content (AvgIpc) is 3.90. The first-order valence-electron chi connectivity index (χ1n) is 19.2. The normalized spacial score (nSPS) is 12.2. The molecule has 0 amide bonds. The Bertz CT molecular complexity index is 3650. The fourth-order valence-corrected chi connectivity index (χ4v) is 9.32. The molecule has 0 atom stereocenters. The first-order chi connectivity index (χ1) is 28.3. The predicted molar refractivity (Wildman–Crippen MR) is 231 cm³/mol. The maximum Gasteiger partial charge on any atom is 0.238 e. The molecule has 5 heterocycles. The minimum Gasteiger partial charge on any atom is -0.456 e. The number of aromatic nitrogens is 5. The summed E-state index contributed by atoms with van der Waals surface area (Å²) in [5, 5.41) is 6.64. The first-order valence-corrected chi connectivity index (χ1v) is 19.2. The summed E-state index contributed by atoms with van der Waals surface area (Å²) in [6.07, 6.45) is 0. The number of furan rings is 1. The van der Waals surface area contributed by atoms with Gasteiger partial charge in [0.1, 0.15) is 11.2 Å². The molecule has 57 heavy (non-hydrogen) atoms. The van der Waals surface area contributed by atoms with Crippen molar-refractivity contribution in [2.24, 2.45) is 0 Å². The topological polar surface area (TPSA) is 61.7 Å². The van der Waals surface area contributed by atoms with Gasteiger partial charge >= 0.3 is 0 Å². The van der Waals surface area contributed by atoms with Crippen molar-refractivity contribution in [1.82, 2.24) is 24.1 Å². The van der Waals surface area contributed by atoms with Crippen LogP contribution in [0.2, 0.25) is 0 Å². The molecule has 0 unspecified atom stereocenters. The fourth-order valence-electron chi connectivity index (χ4n) is 9.32. The van der Waals surface area contributed by atoms with E-state index in [1.165, 1.54) is 44.2 Å². The molecule has 0 saturated heterocycles. The molecule has 13 rings (SSSR count). The molecule has 1 aliphatic rings. The molecule has 0 aliphatic carbocycles. The number of benzene rings is 8. The van der Waals surface area contributed by atoms with Crippen molar-refractivity contribution in [3.63, 3.8) is 0 Å². The fraction of sp³-hybridized carbons (Fsp3) is 0. The van der Waals surface area contributed by atoms with Crippen LogP contribution in [-0.2, 0) is 0 Å². The van der Waals surface area contributed by atoms with E-state index in [2.05, 4.69) is 137 Å². The molecule has 6 heteroatoms. The second kappa shape index (κ2) is 11.4. The summed E-state index contributed by atoms with van der Waals surface area (Å²) in [5.74, 6) is 1.74. The van der Waals surface area contributed by atoms with Crippen molar-refractivity contribution in [3.8, 4) is 56.7 Å². The highest BCUT2D eigenvalue weighted by molar-refractivity contribution is 6.22. The van der Waals surface area contributed by atoms with Gasteiger partial charge < -0.3 is 8.98 Å². The molecular formula is C51H29N5O. The monoisotopic (exact) mass is 727 g/mol. The molecular weight excluding hydrogens is 699 g/mol. The third kappa shape index (κ3) is 4.21. The Balaban J connectivity index is 1.15. The van der Waals surface area contributed by atoms with E-state index in [0.717, 1.165) is 60.4 Å². The molecule has 8 aromatic carbocycles. The second-order valence-electron chi connectivity index (χ2n) is 14.8. The third-order valence-corrected chi connectivity index (χ3v) is 11.7. The number of fused-ring (bicyclic) bond motifs is 14. The van der Waals surface area contributed by atoms with E-state index in [4.69, 9.17) is 19.4 Å². The van der Waals surface area contributed by atoms with Gasteiger partial charge in [0.15, 0.2) is 11.6 Å². The lowest BCUT2D eigenvalue weighted by atomic mass is 9.94. The quantitative estimate of drug-likeness (QED) is 0.182. The van der Waals surface area contributed by atoms with E-state index >= 15 is 0 Å². The van der Waals surface area contributed by atoms with Crippen molar-refractivity contribution in [2.75, 3.05) is 0 Å². The van der Waals surface area contributed by atoms with E-state index in [9.17, 15) is 0 Å². The molecule has 12 aromatic rings. The summed E-state index contributed by atoms with van der Waals surface area (Å²) in [7, 11) is 0. The maximum atomic E-state index is 6.32. The molecule has 1 aliphatic heterocycles. The van der Waals surface area contributed by atoms with Crippen LogP contribution in [0, 0.1) is 0 Å². The second-order valence-corrected chi connectivity index (χ2v) is 14.8. The summed E-state index contributed by atoms with van der Waals surface area (Å²) < 4.78 is 11.0. The zero-order valence-electron chi connectivity index (χ0n) is 30.4. The molecule has 0 radical (unpaired) electrons. The highest BCUT2D eigenvalue weighted by Crippen LogP contribution is 2.48. The van der Waals surface area contributed by atoms with Gasteiger partial charge in [0.25, 0.3) is 0 Å². The lowest BCUT2D eigenvalue weighted by molar-refractivity contribution is 0.669. The Morgan fingerprint density at radius 1 is 0.368 bits per heavy atom. The van der Waals surface area contributed by atoms with Crippen molar-refractivity contribution in [1.29, 1.82) is 0 Å². The standard InChI is InChI=1S/C51H29N5O/c1-2-14-30(15-3-1)49-52-50(38-23-13-27-46-47(38)37-20-8-11-26-45(37)57-46)54-51(53-49)56-42-25-10-7-19-34(42)39-28-43-40(29-44(39)56)36-22-12-21-35-32-17-5-4-16-31(32)33-18-6-9-24-41(33)55(43)48(35)36/h1-29H. The summed E-state index contributed by atoms with van der Waals surface area (Å²) in [4.78, 5) is 15.8. The van der Waals surface area contributed by atoms with Crippen LogP contribution in [0.15, 0.2) is 180 Å². The van der Waals surface area contributed by atoms with Crippen molar-refractivity contribution < 1.29 is 4.42 Å². The zero-order valence-corrected chi connectivity index (χ0v) is 30.4. The SMILES string of the molecule is c1ccc(-c2nc(-c3cccc4oc5ccccc5c34)nc(-n3c4ccccc4c4cc5c(cc43)c3cccc4c3n5-c3ccccc3-c3ccccc3-4)n2)cc1. The Morgan fingerprint density at radius 3 is 1.84 bits per heavy atom. The van der Waals surface area contributed by atoms with Crippen LogP contribution in [0.25, 0.3) is 122 Å². The van der Waals surface area contributed by atoms with Crippen LogP contribution < -0.4 is 0 Å². The van der Waals surface area contributed by atoms with E-state index in [0.29, 0.717) is 17.6 Å². The maximum absolute atomic E-state index is 6.32. The van der Waals surface area contributed by atoms with Crippen LogP contribution in [0.1, 0.15) is 0 Å². The predicted octanol–water partition coefficient (Wildman–Crippen LogP) is 12.9. The molecule has 0 fully saturated rings. The summed E-state index contributed by atoms with van der Waals surface area (Å²) in [6, 6.07) is 62.0. The molecule has 4 aromatic heterocycles. The van der Waals surface area contributed by atoms with Gasteiger partial charge in [-0.2, -0.15) is 9.97 Å². The van der Waals surface area contributed by atoms with Crippen LogP contribution in [-0.4, -0.2) is 24.1 Å². The number of para-hydroxylation sites is 4. The van der Waals surface area contributed by atoms with E-state index in [1.807, 2.05) is 48.5 Å². The van der Waals surface area contributed by atoms with E-state index in [1.54, 1.807) is 0 Å². The Labute approximate surface area is 325 Å². The van der Waals surface area contributed by atoms with Crippen LogP contribution in [0.3, 0.4) is 0 Å². The Morgan fingerprint density at radius 2 is 0.965 bits per heavy atom. The number of nitrogens with zero attached hydrogens (tertiary/aromatic N) is 5. The minimum atomic E-state index is 0.555. The Kier molecular flexibility index (Phi) is 6.07. The van der Waals surface area contributed by atoms with Gasteiger partial charge in [-0.1, -0.05) is 140 Å². The summed E-state index contributed by atoms with van der Waals surface area (Å²) in [6.45, 7) is 0. The van der Waals surface area contributed by atoms with Gasteiger partial charge in [-0.25, -0.2) is 4.98 Å². The van der Waals surface area contributed by atoms with Crippen LogP contribution >= 0.6 is 0 Å². The molecule has 0 bridgehead atoms. The van der Waals surface area contributed by atoms with Crippen molar-refractivity contribution in [3.05, 3.63) is 176 Å². The zero-order chi connectivity index (χ0) is 37.2. The van der Waals surface area contributed by atoms with Crippen molar-refractivity contribution >= 4 is 65.6 Å². The number of rotatable bonds is 3. The lowest BCUT2D eigenvalue weighted by Gasteiger charge is -2.13. The highest BCUT2D eigenvalue weighted by atomic mass is 16.3. The molecule has 6 nitrogen and oxygen atoms in total. The summed E-state index contributed by atoms with van der Waals surface area (Å²) >= 11 is 0. The number of hydrogen-bond donors (Lipinski definition) is 0. The molecule has 264 valence electrons. The van der Waals surface area contributed by atoms with Gasteiger partial charge in [-0.3, -0.25) is 4.57 Å². The smallest absolute Gasteiger partial charge is 0.238 e. The largest absolute Gasteiger partial charge is 0.456 e. The van der Waals surface area contributed by atoms with Gasteiger partial charge in [0.05, 0.1) is 27.8 Å². The number of hydrogen-bond acceptors (Lipinski definition) is 4. The lowest BCUT2D eigenvalue weighted by Crippen LogP contribution is -2.06. The molecule has 0 saturated carbocycles. The van der Waals surface area contributed by atoms with E-state index < -0.39 is 0 Å². The third-order valence-electron chi connectivity index (χ3n) is 11.7. The average molecular weight is 728 g/mol. The minimum absolute atomic E-state index is 0.555. The van der Waals surface area contributed by atoms with Gasteiger partial charge in [-0.05, 0) is 47.5 Å². The van der Waals surface area contributed by atoms with E-state index in [-0.39, 0.29) is 0 Å². The van der Waals surface area contributed by atoms with Crippen LogP contribution in [0.4, 0.5) is 0 Å². The molecule has 0 N–H and O–H groups in total. The van der Waals surface area contributed by atoms with Gasteiger partial charge in [0.2, 0.25) is 5.95 Å².